The topological polar surface area (TPSA) is 101 Å². The zero-order valence-corrected chi connectivity index (χ0v) is 11.7. The molecular weight excluding hydrogens is 270 g/mol. The molecule has 21 heavy (non-hydrogen) atoms. The molecule has 1 aliphatic carbocycles. The van der Waals surface area contributed by atoms with Gasteiger partial charge in [0.1, 0.15) is 5.54 Å². The Hall–Kier alpha value is -2.14. The van der Waals surface area contributed by atoms with Gasteiger partial charge in [0.15, 0.2) is 0 Å². The summed E-state index contributed by atoms with van der Waals surface area (Å²) < 4.78 is 0. The SMILES string of the molecule is N[C@]1(C(=O)O)C=C[C@@](CCCc2ccccc2)(C(=O)O)C1. The Morgan fingerprint density at radius 2 is 1.76 bits per heavy atom. The van der Waals surface area contributed by atoms with Gasteiger partial charge in [-0.2, -0.15) is 0 Å². The predicted molar refractivity (Wildman–Crippen MR) is 77.8 cm³/mol. The number of carboxylic acid groups (broad SMARTS) is 2. The van der Waals surface area contributed by atoms with Gasteiger partial charge in [-0.15, -0.1) is 0 Å². The molecule has 0 unspecified atom stereocenters. The van der Waals surface area contributed by atoms with Crippen LogP contribution < -0.4 is 5.73 Å². The molecule has 2 rings (SSSR count). The van der Waals surface area contributed by atoms with Crippen LogP contribution >= 0.6 is 0 Å². The van der Waals surface area contributed by atoms with E-state index >= 15 is 0 Å². The summed E-state index contributed by atoms with van der Waals surface area (Å²) in [7, 11) is 0. The molecule has 0 radical (unpaired) electrons. The molecule has 2 atom stereocenters. The van der Waals surface area contributed by atoms with Crippen LogP contribution in [-0.4, -0.2) is 27.7 Å². The van der Waals surface area contributed by atoms with E-state index in [2.05, 4.69) is 0 Å². The summed E-state index contributed by atoms with van der Waals surface area (Å²) in [5.74, 6) is -2.20. The van der Waals surface area contributed by atoms with Crippen molar-refractivity contribution in [2.24, 2.45) is 11.1 Å². The molecule has 1 aliphatic rings. The maximum Gasteiger partial charge on any atom is 0.327 e. The van der Waals surface area contributed by atoms with Gasteiger partial charge in [0.2, 0.25) is 0 Å². The van der Waals surface area contributed by atoms with E-state index in [4.69, 9.17) is 10.8 Å². The molecular formula is C16H19NO4. The van der Waals surface area contributed by atoms with E-state index < -0.39 is 22.9 Å². The molecule has 0 heterocycles. The fourth-order valence-corrected chi connectivity index (χ4v) is 2.77. The highest BCUT2D eigenvalue weighted by Crippen LogP contribution is 2.41. The number of benzene rings is 1. The van der Waals surface area contributed by atoms with Gasteiger partial charge >= 0.3 is 11.9 Å². The molecule has 5 heteroatoms. The standard InChI is InChI=1S/C16H19NO4/c17-16(14(20)21)10-9-15(11-16,13(18)19)8-4-7-12-5-2-1-3-6-12/h1-3,5-6,9-10H,4,7-8,11,17H2,(H,18,19)(H,20,21)/t15-,16-/m1/s1. The van der Waals surface area contributed by atoms with Crippen molar-refractivity contribution in [2.45, 2.75) is 31.2 Å². The minimum Gasteiger partial charge on any atom is -0.481 e. The van der Waals surface area contributed by atoms with Crippen LogP contribution in [-0.2, 0) is 16.0 Å². The van der Waals surface area contributed by atoms with Crippen LogP contribution in [0.2, 0.25) is 0 Å². The molecule has 0 amide bonds. The second-order valence-corrected chi connectivity index (χ2v) is 5.66. The Bertz CT molecular complexity index is 569. The number of carboxylic acids is 2. The highest BCUT2D eigenvalue weighted by atomic mass is 16.4. The summed E-state index contributed by atoms with van der Waals surface area (Å²) >= 11 is 0. The van der Waals surface area contributed by atoms with E-state index in [1.807, 2.05) is 30.3 Å². The lowest BCUT2D eigenvalue weighted by molar-refractivity contribution is -0.148. The lowest BCUT2D eigenvalue weighted by atomic mass is 9.78. The molecule has 0 bridgehead atoms. The molecule has 1 aromatic rings. The minimum atomic E-state index is -1.58. The lowest BCUT2D eigenvalue weighted by Crippen LogP contribution is -2.47. The highest BCUT2D eigenvalue weighted by molar-refractivity contribution is 5.87. The van der Waals surface area contributed by atoms with Gasteiger partial charge in [0, 0.05) is 0 Å². The van der Waals surface area contributed by atoms with E-state index in [0.717, 1.165) is 12.0 Å². The van der Waals surface area contributed by atoms with Crippen LogP contribution in [0.5, 0.6) is 0 Å². The van der Waals surface area contributed by atoms with Crippen LogP contribution in [0.25, 0.3) is 0 Å². The van der Waals surface area contributed by atoms with Gasteiger partial charge in [0.25, 0.3) is 0 Å². The summed E-state index contributed by atoms with van der Waals surface area (Å²) in [5, 5.41) is 18.6. The van der Waals surface area contributed by atoms with E-state index in [-0.39, 0.29) is 6.42 Å². The predicted octanol–water partition coefficient (Wildman–Crippen LogP) is 1.82. The smallest absolute Gasteiger partial charge is 0.327 e. The first-order valence-corrected chi connectivity index (χ1v) is 6.88. The molecule has 0 spiro atoms. The number of aryl methyl sites for hydroxylation is 1. The largest absolute Gasteiger partial charge is 0.481 e. The van der Waals surface area contributed by atoms with Crippen LogP contribution in [0, 0.1) is 5.41 Å². The van der Waals surface area contributed by atoms with Crippen molar-refractivity contribution in [3.05, 3.63) is 48.0 Å². The first kappa shape index (κ1) is 15.3. The second kappa shape index (κ2) is 5.69. The fraction of sp³-hybridized carbons (Fsp3) is 0.375. The molecule has 0 fully saturated rings. The molecule has 1 aromatic carbocycles. The van der Waals surface area contributed by atoms with Gasteiger partial charge in [-0.1, -0.05) is 42.5 Å². The molecule has 112 valence electrons. The average molecular weight is 289 g/mol. The maximum absolute atomic E-state index is 11.6. The maximum atomic E-state index is 11.6. The number of aliphatic carboxylic acids is 2. The molecule has 0 aliphatic heterocycles. The fourth-order valence-electron chi connectivity index (χ4n) is 2.77. The summed E-state index contributed by atoms with van der Waals surface area (Å²) in [6, 6.07) is 9.78. The third-order valence-corrected chi connectivity index (χ3v) is 4.06. The Kier molecular flexibility index (Phi) is 4.14. The Labute approximate surface area is 123 Å². The zero-order valence-electron chi connectivity index (χ0n) is 11.7. The van der Waals surface area contributed by atoms with E-state index in [1.54, 1.807) is 0 Å². The molecule has 4 N–H and O–H groups in total. The van der Waals surface area contributed by atoms with Crippen molar-refractivity contribution in [2.75, 3.05) is 0 Å². The van der Waals surface area contributed by atoms with Crippen molar-refractivity contribution >= 4 is 11.9 Å². The van der Waals surface area contributed by atoms with Crippen molar-refractivity contribution < 1.29 is 19.8 Å². The van der Waals surface area contributed by atoms with E-state index in [1.165, 1.54) is 12.2 Å². The molecule has 5 nitrogen and oxygen atoms in total. The molecule has 0 saturated heterocycles. The summed E-state index contributed by atoms with van der Waals surface area (Å²) in [5.41, 5.74) is 4.13. The molecule has 0 saturated carbocycles. The van der Waals surface area contributed by atoms with Gasteiger partial charge < -0.3 is 15.9 Å². The first-order chi connectivity index (χ1) is 9.88. The van der Waals surface area contributed by atoms with E-state index in [0.29, 0.717) is 12.8 Å². The zero-order chi connectivity index (χ0) is 15.5. The lowest BCUT2D eigenvalue weighted by Gasteiger charge is -2.26. The number of nitrogens with two attached hydrogens (primary N) is 1. The monoisotopic (exact) mass is 289 g/mol. The average Bonchev–Trinajstić information content (AvgIpc) is 2.81. The summed E-state index contributed by atoms with van der Waals surface area (Å²) in [4.78, 5) is 22.7. The van der Waals surface area contributed by atoms with E-state index in [9.17, 15) is 14.7 Å². The summed E-state index contributed by atoms with van der Waals surface area (Å²) in [6.07, 6.45) is 4.46. The first-order valence-electron chi connectivity index (χ1n) is 6.88. The third kappa shape index (κ3) is 3.13. The van der Waals surface area contributed by atoms with Gasteiger partial charge in [0.05, 0.1) is 5.41 Å². The highest BCUT2D eigenvalue weighted by Gasteiger charge is 2.50. The second-order valence-electron chi connectivity index (χ2n) is 5.66. The van der Waals surface area contributed by atoms with Crippen LogP contribution in [0.4, 0.5) is 0 Å². The quantitative estimate of drug-likeness (QED) is 0.693. The van der Waals surface area contributed by atoms with Crippen LogP contribution in [0.15, 0.2) is 42.5 Å². The third-order valence-electron chi connectivity index (χ3n) is 4.06. The number of hydrogen-bond donors (Lipinski definition) is 3. The van der Waals surface area contributed by atoms with Crippen LogP contribution in [0.3, 0.4) is 0 Å². The van der Waals surface area contributed by atoms with Gasteiger partial charge in [-0.25, -0.2) is 4.79 Å². The number of hydrogen-bond acceptors (Lipinski definition) is 3. The Morgan fingerprint density at radius 3 is 2.29 bits per heavy atom. The van der Waals surface area contributed by atoms with Crippen molar-refractivity contribution in [1.82, 2.24) is 0 Å². The molecule has 0 aromatic heterocycles. The number of carbonyl (C=O) groups is 2. The normalized spacial score (nSPS) is 27.7. The van der Waals surface area contributed by atoms with Crippen molar-refractivity contribution in [3.8, 4) is 0 Å². The Balaban J connectivity index is 2.03. The van der Waals surface area contributed by atoms with Gasteiger partial charge in [-0.05, 0) is 31.2 Å². The van der Waals surface area contributed by atoms with Crippen LogP contribution in [0.1, 0.15) is 24.8 Å². The number of rotatable bonds is 6. The van der Waals surface area contributed by atoms with Gasteiger partial charge in [-0.3, -0.25) is 4.79 Å². The Morgan fingerprint density at radius 1 is 1.10 bits per heavy atom. The minimum absolute atomic E-state index is 0.0978. The van der Waals surface area contributed by atoms with Crippen molar-refractivity contribution in [1.29, 1.82) is 0 Å². The van der Waals surface area contributed by atoms with Crippen molar-refractivity contribution in [3.63, 3.8) is 0 Å². The summed E-state index contributed by atoms with van der Waals surface area (Å²) in [6.45, 7) is 0.